The molecule has 1 aromatic carbocycles. The molecule has 0 spiro atoms. The summed E-state index contributed by atoms with van der Waals surface area (Å²) in [6.45, 7) is 0.975. The van der Waals surface area contributed by atoms with Crippen LogP contribution in [0.2, 0.25) is 5.15 Å². The van der Waals surface area contributed by atoms with E-state index in [9.17, 15) is 0 Å². The molecule has 1 heterocycles. The predicted molar refractivity (Wildman–Crippen MR) is 72.2 cm³/mol. The minimum atomic E-state index is 0.391. The van der Waals surface area contributed by atoms with Crippen molar-refractivity contribution in [1.29, 1.82) is 0 Å². The normalized spacial score (nSPS) is 10.9. The number of halogens is 1. The smallest absolute Gasteiger partial charge is 0.151 e. The zero-order valence-electron chi connectivity index (χ0n) is 9.79. The van der Waals surface area contributed by atoms with Crippen molar-refractivity contribution in [3.63, 3.8) is 0 Å². The molecule has 0 radical (unpaired) electrons. The Morgan fingerprint density at radius 2 is 1.89 bits per heavy atom. The molecule has 0 saturated carbocycles. The molecular formula is C14H13ClN2O. The Balaban J connectivity index is 1.73. The molecule has 0 bridgehead atoms. The van der Waals surface area contributed by atoms with Gasteiger partial charge in [0.05, 0.1) is 18.9 Å². The maximum atomic E-state index is 5.64. The second-order valence-corrected chi connectivity index (χ2v) is 4.06. The first kappa shape index (κ1) is 12.7. The van der Waals surface area contributed by atoms with E-state index in [1.807, 2.05) is 42.5 Å². The van der Waals surface area contributed by atoms with Gasteiger partial charge in [0.25, 0.3) is 0 Å². The molecule has 0 aliphatic rings. The summed E-state index contributed by atoms with van der Waals surface area (Å²) >= 11 is 5.64. The van der Waals surface area contributed by atoms with E-state index in [-0.39, 0.29) is 0 Å². The van der Waals surface area contributed by atoms with Gasteiger partial charge in [0.2, 0.25) is 0 Å². The Morgan fingerprint density at radius 1 is 1.06 bits per heavy atom. The van der Waals surface area contributed by atoms with E-state index in [1.54, 1.807) is 12.1 Å². The molecule has 0 saturated heterocycles. The maximum absolute atomic E-state index is 5.64. The molecule has 0 N–H and O–H groups in total. The number of aromatic nitrogens is 2. The van der Waals surface area contributed by atoms with E-state index in [2.05, 4.69) is 10.2 Å². The van der Waals surface area contributed by atoms with Crippen LogP contribution in [0, 0.1) is 0 Å². The molecule has 0 unspecified atom stereocenters. The highest BCUT2D eigenvalue weighted by Gasteiger charge is 1.95. The van der Waals surface area contributed by atoms with Crippen LogP contribution >= 0.6 is 11.6 Å². The fourth-order valence-corrected chi connectivity index (χ4v) is 1.50. The Kier molecular flexibility index (Phi) is 4.88. The van der Waals surface area contributed by atoms with Gasteiger partial charge in [0, 0.05) is 0 Å². The molecule has 92 valence electrons. The summed E-state index contributed by atoms with van der Waals surface area (Å²) in [6, 6.07) is 13.6. The Morgan fingerprint density at radius 3 is 2.61 bits per heavy atom. The molecule has 0 amide bonds. The summed E-state index contributed by atoms with van der Waals surface area (Å²) in [5.41, 5.74) is 1.93. The summed E-state index contributed by atoms with van der Waals surface area (Å²) < 4.78 is 5.45. The predicted octanol–water partition coefficient (Wildman–Crippen LogP) is 3.36. The van der Waals surface area contributed by atoms with Gasteiger partial charge in [-0.25, -0.2) is 0 Å². The molecule has 1 aromatic heterocycles. The zero-order chi connectivity index (χ0) is 12.6. The standard InChI is InChI=1S/C14H13ClN2O/c15-14-9-8-13(16-17-14)11-18-10-4-7-12-5-2-1-3-6-12/h1-9H,10-11H2/b7-4+. The van der Waals surface area contributed by atoms with Crippen molar-refractivity contribution in [3.05, 3.63) is 65.0 Å². The zero-order valence-corrected chi connectivity index (χ0v) is 10.5. The van der Waals surface area contributed by atoms with Crippen LogP contribution in [0.1, 0.15) is 11.3 Å². The minimum absolute atomic E-state index is 0.391. The number of rotatable bonds is 5. The van der Waals surface area contributed by atoms with Gasteiger partial charge in [-0.15, -0.1) is 5.10 Å². The van der Waals surface area contributed by atoms with Crippen LogP contribution in [-0.2, 0) is 11.3 Å². The van der Waals surface area contributed by atoms with Crippen LogP contribution in [-0.4, -0.2) is 16.8 Å². The van der Waals surface area contributed by atoms with Gasteiger partial charge < -0.3 is 4.74 Å². The summed E-state index contributed by atoms with van der Waals surface area (Å²) in [6.07, 6.45) is 3.99. The van der Waals surface area contributed by atoms with E-state index in [4.69, 9.17) is 16.3 Å². The molecule has 0 aliphatic carbocycles. The highest BCUT2D eigenvalue weighted by Crippen LogP contribution is 2.04. The van der Waals surface area contributed by atoms with Crippen LogP contribution in [0.4, 0.5) is 0 Å². The summed E-state index contributed by atoms with van der Waals surface area (Å²) in [5.74, 6) is 0. The topological polar surface area (TPSA) is 35.0 Å². The van der Waals surface area contributed by atoms with E-state index >= 15 is 0 Å². The first-order chi connectivity index (χ1) is 8.84. The number of ether oxygens (including phenoxy) is 1. The van der Waals surface area contributed by atoms with Crippen molar-refractivity contribution in [2.75, 3.05) is 6.61 Å². The average molecular weight is 261 g/mol. The quantitative estimate of drug-likeness (QED) is 0.774. The van der Waals surface area contributed by atoms with Gasteiger partial charge in [-0.05, 0) is 17.7 Å². The van der Waals surface area contributed by atoms with Gasteiger partial charge in [-0.3, -0.25) is 0 Å². The molecule has 2 aromatic rings. The molecule has 2 rings (SSSR count). The lowest BCUT2D eigenvalue weighted by molar-refractivity contribution is 0.145. The van der Waals surface area contributed by atoms with Crippen molar-refractivity contribution in [2.24, 2.45) is 0 Å². The number of benzene rings is 1. The van der Waals surface area contributed by atoms with Gasteiger partial charge in [-0.1, -0.05) is 54.1 Å². The van der Waals surface area contributed by atoms with Crippen molar-refractivity contribution in [3.8, 4) is 0 Å². The first-order valence-corrected chi connectivity index (χ1v) is 6.00. The Labute approximate surface area is 111 Å². The van der Waals surface area contributed by atoms with E-state index in [1.165, 1.54) is 0 Å². The van der Waals surface area contributed by atoms with Gasteiger partial charge >= 0.3 is 0 Å². The highest BCUT2D eigenvalue weighted by atomic mass is 35.5. The first-order valence-electron chi connectivity index (χ1n) is 5.62. The lowest BCUT2D eigenvalue weighted by atomic mass is 10.2. The lowest BCUT2D eigenvalue weighted by Crippen LogP contribution is -1.97. The molecule has 0 atom stereocenters. The SMILES string of the molecule is Clc1ccc(COC/C=C/c2ccccc2)nn1. The van der Waals surface area contributed by atoms with E-state index in [0.29, 0.717) is 18.4 Å². The van der Waals surface area contributed by atoms with Crippen LogP contribution in [0.3, 0.4) is 0 Å². The van der Waals surface area contributed by atoms with Crippen LogP contribution in [0.5, 0.6) is 0 Å². The van der Waals surface area contributed by atoms with Gasteiger partial charge in [-0.2, -0.15) is 5.10 Å². The fraction of sp³-hybridized carbons (Fsp3) is 0.143. The number of nitrogens with zero attached hydrogens (tertiary/aromatic N) is 2. The third-order valence-corrected chi connectivity index (χ3v) is 2.46. The lowest BCUT2D eigenvalue weighted by Gasteiger charge is -1.99. The van der Waals surface area contributed by atoms with Crippen molar-refractivity contribution in [1.82, 2.24) is 10.2 Å². The largest absolute Gasteiger partial charge is 0.371 e. The maximum Gasteiger partial charge on any atom is 0.151 e. The molecular weight excluding hydrogens is 248 g/mol. The number of hydrogen-bond donors (Lipinski definition) is 0. The average Bonchev–Trinajstić information content (AvgIpc) is 2.42. The Bertz CT molecular complexity index is 497. The van der Waals surface area contributed by atoms with E-state index < -0.39 is 0 Å². The number of hydrogen-bond acceptors (Lipinski definition) is 3. The molecule has 0 fully saturated rings. The molecule has 4 heteroatoms. The summed E-state index contributed by atoms with van der Waals surface area (Å²) in [4.78, 5) is 0. The van der Waals surface area contributed by atoms with Gasteiger partial charge in [0.15, 0.2) is 5.15 Å². The molecule has 0 aliphatic heterocycles. The van der Waals surface area contributed by atoms with Crippen molar-refractivity contribution < 1.29 is 4.74 Å². The minimum Gasteiger partial charge on any atom is -0.371 e. The van der Waals surface area contributed by atoms with E-state index in [0.717, 1.165) is 11.3 Å². The van der Waals surface area contributed by atoms with Crippen LogP contribution < -0.4 is 0 Å². The molecule has 18 heavy (non-hydrogen) atoms. The molecule has 3 nitrogen and oxygen atoms in total. The second-order valence-electron chi connectivity index (χ2n) is 3.68. The van der Waals surface area contributed by atoms with Gasteiger partial charge in [0.1, 0.15) is 0 Å². The van der Waals surface area contributed by atoms with Crippen LogP contribution in [0.25, 0.3) is 6.08 Å². The second kappa shape index (κ2) is 6.89. The third kappa shape index (κ3) is 4.28. The summed E-state index contributed by atoms with van der Waals surface area (Å²) in [7, 11) is 0. The fourth-order valence-electron chi connectivity index (χ4n) is 1.40. The van der Waals surface area contributed by atoms with Crippen molar-refractivity contribution in [2.45, 2.75) is 6.61 Å². The van der Waals surface area contributed by atoms with Crippen molar-refractivity contribution >= 4 is 17.7 Å². The summed E-state index contributed by atoms with van der Waals surface area (Å²) in [5, 5.41) is 8.04. The monoisotopic (exact) mass is 260 g/mol. The Hall–Kier alpha value is -1.71. The van der Waals surface area contributed by atoms with Crippen LogP contribution in [0.15, 0.2) is 48.5 Å². The highest BCUT2D eigenvalue weighted by molar-refractivity contribution is 6.29. The third-order valence-electron chi connectivity index (χ3n) is 2.26.